The van der Waals surface area contributed by atoms with Crippen LogP contribution < -0.4 is 0 Å². The maximum Gasteiger partial charge on any atom is 0.306 e. The number of unbranched alkanes of at least 4 members (excludes halogenated alkanes) is 28. The van der Waals surface area contributed by atoms with Gasteiger partial charge in [-0.05, 0) is 141 Å². The number of allylic oxidation sites excluding steroid dienone is 22. The monoisotopic (exact) mass is 1130 g/mol. The van der Waals surface area contributed by atoms with E-state index in [0.717, 1.165) is 141 Å². The first-order chi connectivity index (χ1) is 40.5. The molecule has 0 saturated carbocycles. The molecule has 0 rings (SSSR count). The third kappa shape index (κ3) is 66.4. The minimum absolute atomic E-state index is 0.0938. The molecule has 0 aliphatic rings. The molecule has 6 nitrogen and oxygen atoms in total. The Morgan fingerprint density at radius 2 is 0.476 bits per heavy atom. The van der Waals surface area contributed by atoms with Crippen molar-refractivity contribution in [1.29, 1.82) is 0 Å². The fourth-order valence-corrected chi connectivity index (χ4v) is 9.25. The largest absolute Gasteiger partial charge is 0.462 e. The molecule has 466 valence electrons. The van der Waals surface area contributed by atoms with Crippen LogP contribution in [0.4, 0.5) is 0 Å². The molecular formula is C76H126O6. The Morgan fingerprint density at radius 3 is 0.780 bits per heavy atom. The standard InChI is InChI=1S/C76H126O6/c1-4-7-10-13-16-19-22-25-27-29-31-33-35-36-37-38-39-40-42-43-45-47-49-51-54-57-60-63-66-69-75(78)81-72-73(71-80-74(77)68-65-62-59-56-53-24-21-18-15-12-9-6-3)82-76(79)70-67-64-61-58-55-52-50-48-46-44-41-34-32-30-28-26-23-20-17-14-11-8-5-2/h7,10,16,18-19,21,23,25-27,30-33,36-37,39-40,43,45,49,51,73H,4-6,8-9,11-15,17,20,22,24,28-29,34-35,38,41-42,44,46-48,50,52-72H2,1-3H3/b10-7-,19-16-,21-18-,26-23-,27-25-,32-30-,33-31-,37-36-,40-39-,45-43-,51-49-. The predicted molar refractivity (Wildman–Crippen MR) is 357 cm³/mol. The van der Waals surface area contributed by atoms with Crippen LogP contribution in [0.2, 0.25) is 0 Å². The molecule has 0 aromatic heterocycles. The summed E-state index contributed by atoms with van der Waals surface area (Å²) in [4.78, 5) is 38.4. The quantitative estimate of drug-likeness (QED) is 0.0261. The number of rotatable bonds is 61. The first-order valence-corrected chi connectivity index (χ1v) is 34.2. The molecule has 0 fully saturated rings. The first kappa shape index (κ1) is 77.5. The highest BCUT2D eigenvalue weighted by atomic mass is 16.6. The van der Waals surface area contributed by atoms with Crippen LogP contribution >= 0.6 is 0 Å². The van der Waals surface area contributed by atoms with E-state index in [4.69, 9.17) is 14.2 Å². The molecule has 0 radical (unpaired) electrons. The van der Waals surface area contributed by atoms with Gasteiger partial charge in [0.25, 0.3) is 0 Å². The van der Waals surface area contributed by atoms with Crippen LogP contribution in [-0.4, -0.2) is 37.2 Å². The smallest absolute Gasteiger partial charge is 0.306 e. The number of hydrogen-bond donors (Lipinski definition) is 0. The van der Waals surface area contributed by atoms with E-state index in [-0.39, 0.29) is 31.1 Å². The lowest BCUT2D eigenvalue weighted by Crippen LogP contribution is -2.30. The second-order valence-electron chi connectivity index (χ2n) is 22.3. The second kappa shape index (κ2) is 69.0. The Hall–Kier alpha value is -4.45. The summed E-state index contributed by atoms with van der Waals surface area (Å²) in [6.45, 7) is 6.48. The van der Waals surface area contributed by atoms with Crippen molar-refractivity contribution >= 4 is 17.9 Å². The Bertz CT molecular complexity index is 1730. The molecule has 0 aliphatic heterocycles. The van der Waals surface area contributed by atoms with Crippen LogP contribution in [0.25, 0.3) is 0 Å². The van der Waals surface area contributed by atoms with E-state index in [0.29, 0.717) is 19.3 Å². The van der Waals surface area contributed by atoms with Gasteiger partial charge in [-0.3, -0.25) is 14.4 Å². The summed E-state index contributed by atoms with van der Waals surface area (Å²) in [5.74, 6) is -0.925. The number of esters is 3. The number of carbonyl (C=O) groups excluding carboxylic acids is 3. The molecule has 1 atom stereocenters. The molecule has 82 heavy (non-hydrogen) atoms. The van der Waals surface area contributed by atoms with Crippen molar-refractivity contribution in [1.82, 2.24) is 0 Å². The number of ether oxygens (including phenoxy) is 3. The van der Waals surface area contributed by atoms with Crippen molar-refractivity contribution in [2.24, 2.45) is 0 Å². The van der Waals surface area contributed by atoms with E-state index >= 15 is 0 Å². The molecule has 0 bridgehead atoms. The Kier molecular flexibility index (Phi) is 65.3. The van der Waals surface area contributed by atoms with E-state index in [9.17, 15) is 14.4 Å². The SMILES string of the molecule is CC/C=C\C/C=C\C/C=C\C/C=C\C/C=C\C/C=C\C/C=C\C/C=C\CCCCCCC(=O)OCC(COC(=O)CCCCCCC/C=C\CCCCC)OC(=O)CCCCCCCCCCCCC/C=C\C/C=C\CCCCCCC. The van der Waals surface area contributed by atoms with Crippen LogP contribution in [0.1, 0.15) is 310 Å². The maximum absolute atomic E-state index is 12.9. The summed E-state index contributed by atoms with van der Waals surface area (Å²) < 4.78 is 16.9. The van der Waals surface area contributed by atoms with Crippen molar-refractivity contribution in [3.8, 4) is 0 Å². The minimum Gasteiger partial charge on any atom is -0.462 e. The van der Waals surface area contributed by atoms with Crippen LogP contribution in [0.15, 0.2) is 134 Å². The summed E-state index contributed by atoms with van der Waals surface area (Å²) in [6, 6.07) is 0. The van der Waals surface area contributed by atoms with Gasteiger partial charge < -0.3 is 14.2 Å². The minimum atomic E-state index is -0.799. The van der Waals surface area contributed by atoms with E-state index in [1.54, 1.807) is 0 Å². The fourth-order valence-electron chi connectivity index (χ4n) is 9.25. The van der Waals surface area contributed by atoms with E-state index in [1.165, 1.54) is 128 Å². The molecule has 0 N–H and O–H groups in total. The molecule has 6 heteroatoms. The van der Waals surface area contributed by atoms with Crippen molar-refractivity contribution in [2.75, 3.05) is 13.2 Å². The lowest BCUT2D eigenvalue weighted by atomic mass is 10.0. The van der Waals surface area contributed by atoms with Gasteiger partial charge in [0.2, 0.25) is 0 Å². The molecule has 0 aromatic rings. The van der Waals surface area contributed by atoms with Gasteiger partial charge in [-0.15, -0.1) is 0 Å². The molecule has 0 aliphatic carbocycles. The summed E-state index contributed by atoms with van der Waals surface area (Å²) >= 11 is 0. The van der Waals surface area contributed by atoms with E-state index < -0.39 is 6.10 Å². The third-order valence-electron chi connectivity index (χ3n) is 14.4. The van der Waals surface area contributed by atoms with Gasteiger partial charge in [0.1, 0.15) is 13.2 Å². The molecule has 1 unspecified atom stereocenters. The highest BCUT2D eigenvalue weighted by Gasteiger charge is 2.19. The molecule has 0 saturated heterocycles. The van der Waals surface area contributed by atoms with Crippen LogP contribution in [-0.2, 0) is 28.6 Å². The zero-order valence-electron chi connectivity index (χ0n) is 53.5. The van der Waals surface area contributed by atoms with Gasteiger partial charge >= 0.3 is 17.9 Å². The van der Waals surface area contributed by atoms with Crippen molar-refractivity contribution in [2.45, 2.75) is 316 Å². The second-order valence-corrected chi connectivity index (χ2v) is 22.3. The van der Waals surface area contributed by atoms with Gasteiger partial charge in [0, 0.05) is 19.3 Å². The number of carbonyl (C=O) groups is 3. The summed E-state index contributed by atoms with van der Waals surface area (Å²) in [5.41, 5.74) is 0. The average Bonchev–Trinajstić information content (AvgIpc) is 3.47. The van der Waals surface area contributed by atoms with E-state index in [2.05, 4.69) is 154 Å². The molecule has 0 spiro atoms. The lowest BCUT2D eigenvalue weighted by molar-refractivity contribution is -0.167. The topological polar surface area (TPSA) is 78.9 Å². The lowest BCUT2D eigenvalue weighted by Gasteiger charge is -2.18. The van der Waals surface area contributed by atoms with Crippen molar-refractivity contribution in [3.63, 3.8) is 0 Å². The summed E-state index contributed by atoms with van der Waals surface area (Å²) in [7, 11) is 0. The van der Waals surface area contributed by atoms with Gasteiger partial charge in [-0.1, -0.05) is 283 Å². The normalized spacial score (nSPS) is 13.0. The Labute approximate surface area is 506 Å². The number of hydrogen-bond acceptors (Lipinski definition) is 6. The zero-order valence-corrected chi connectivity index (χ0v) is 53.5. The highest BCUT2D eigenvalue weighted by molar-refractivity contribution is 5.71. The van der Waals surface area contributed by atoms with Crippen molar-refractivity contribution < 1.29 is 28.6 Å². The first-order valence-electron chi connectivity index (χ1n) is 34.2. The van der Waals surface area contributed by atoms with Crippen LogP contribution in [0.5, 0.6) is 0 Å². The molecular weight excluding hydrogens is 1010 g/mol. The molecule has 0 heterocycles. The molecule has 0 amide bonds. The van der Waals surface area contributed by atoms with Crippen molar-refractivity contribution in [3.05, 3.63) is 134 Å². The van der Waals surface area contributed by atoms with Gasteiger partial charge in [0.05, 0.1) is 0 Å². The van der Waals surface area contributed by atoms with Crippen LogP contribution in [0.3, 0.4) is 0 Å². The third-order valence-corrected chi connectivity index (χ3v) is 14.4. The van der Waals surface area contributed by atoms with Gasteiger partial charge in [-0.25, -0.2) is 0 Å². The highest BCUT2D eigenvalue weighted by Crippen LogP contribution is 2.16. The zero-order chi connectivity index (χ0) is 59.2. The van der Waals surface area contributed by atoms with Gasteiger partial charge in [0.15, 0.2) is 6.10 Å². The maximum atomic E-state index is 12.9. The predicted octanol–water partition coefficient (Wildman–Crippen LogP) is 23.7. The van der Waals surface area contributed by atoms with Gasteiger partial charge in [-0.2, -0.15) is 0 Å². The average molecular weight is 1140 g/mol. The Morgan fingerprint density at radius 1 is 0.256 bits per heavy atom. The Balaban J connectivity index is 4.37. The molecule has 0 aromatic carbocycles. The fraction of sp³-hybridized carbons (Fsp3) is 0.671. The van der Waals surface area contributed by atoms with Crippen LogP contribution in [0, 0.1) is 0 Å². The summed E-state index contributed by atoms with van der Waals surface area (Å²) in [6.07, 6.45) is 97.5. The summed E-state index contributed by atoms with van der Waals surface area (Å²) in [5, 5.41) is 0. The van der Waals surface area contributed by atoms with E-state index in [1.807, 2.05) is 0 Å².